The fraction of sp³-hybridized carbons (Fsp3) is 0.643. The Balaban J connectivity index is 0. The molecule has 0 saturated heterocycles. The Labute approximate surface area is 259 Å². The van der Waals surface area contributed by atoms with Crippen molar-refractivity contribution in [2.45, 2.75) is 103 Å². The predicted molar refractivity (Wildman–Crippen MR) is 158 cm³/mol. The number of carbonyl (C=O) groups excluding carboxylic acids is 2. The second kappa shape index (κ2) is 24.4. The maximum Gasteiger partial charge on any atom is 0.339 e. The second-order valence-corrected chi connectivity index (χ2v) is 10.9. The van der Waals surface area contributed by atoms with Gasteiger partial charge in [-0.25, -0.2) is 9.59 Å². The van der Waals surface area contributed by atoms with E-state index in [0.717, 1.165) is 25.7 Å². The van der Waals surface area contributed by atoms with Gasteiger partial charge in [0.1, 0.15) is 0 Å². The van der Waals surface area contributed by atoms with Crippen LogP contribution in [0.1, 0.15) is 118 Å². The Hall–Kier alpha value is -2.22. The normalized spacial score (nSPS) is 11.3. The average Bonchev–Trinajstić information content (AvgIpc) is 2.90. The maximum absolute atomic E-state index is 12.4. The van der Waals surface area contributed by atoms with Crippen LogP contribution in [0.2, 0.25) is 0 Å². The van der Waals surface area contributed by atoms with Crippen molar-refractivity contribution in [3.05, 3.63) is 35.4 Å². The lowest BCUT2D eigenvalue weighted by atomic mass is 10.1. The first-order chi connectivity index (χ1) is 18.9. The highest BCUT2D eigenvalue weighted by Crippen LogP contribution is 2.14. The standard InChI is InChI=1S/C24H38O4.C4H6O7S.Mg.2H/c1-3-5-7-9-11-15-19-27-23(25)21-17-13-14-18-22(21)24(26)28-20-16-12-10-8-6-4-2;5-3(6)1-2(4(7)8)12(9,10)11;;;/h13-14,17-18H,3-12,15-16,19-20H2,1-2H3;2H,1H2,(H,5,6)(H,7,8)(H,9,10,11);;;. The summed E-state index contributed by atoms with van der Waals surface area (Å²) in [6.45, 7) is 5.17. The van der Waals surface area contributed by atoms with Crippen LogP contribution in [-0.4, -0.2) is 88.6 Å². The van der Waals surface area contributed by atoms with E-state index >= 15 is 0 Å². The van der Waals surface area contributed by atoms with Crippen LogP contribution in [0, 0.1) is 0 Å². The zero-order valence-electron chi connectivity index (χ0n) is 23.5. The lowest BCUT2D eigenvalue weighted by molar-refractivity contribution is -0.143. The predicted octanol–water partition coefficient (Wildman–Crippen LogP) is 4.61. The molecule has 11 nitrogen and oxygen atoms in total. The largest absolute Gasteiger partial charge is 0.481 e. The van der Waals surface area contributed by atoms with Crippen molar-refractivity contribution >= 4 is 57.0 Å². The topological polar surface area (TPSA) is 182 Å². The van der Waals surface area contributed by atoms with Crippen molar-refractivity contribution in [3.8, 4) is 0 Å². The van der Waals surface area contributed by atoms with Crippen LogP contribution in [0.5, 0.6) is 0 Å². The zero-order chi connectivity index (χ0) is 30.4. The van der Waals surface area contributed by atoms with Gasteiger partial charge in [0.25, 0.3) is 10.1 Å². The maximum atomic E-state index is 12.4. The minimum atomic E-state index is -4.84. The molecule has 0 aromatic heterocycles. The summed E-state index contributed by atoms with van der Waals surface area (Å²) in [5.74, 6) is -4.39. The molecular formula is C28H46MgO11S. The summed E-state index contributed by atoms with van der Waals surface area (Å²) < 4.78 is 39.4. The highest BCUT2D eigenvalue weighted by atomic mass is 32.2. The first-order valence-corrected chi connectivity index (χ1v) is 15.3. The molecule has 0 heterocycles. The Morgan fingerprint density at radius 3 is 1.37 bits per heavy atom. The summed E-state index contributed by atoms with van der Waals surface area (Å²) in [5, 5.41) is 13.9. The molecule has 0 spiro atoms. The van der Waals surface area contributed by atoms with Crippen molar-refractivity contribution in [1.29, 1.82) is 0 Å². The van der Waals surface area contributed by atoms with E-state index in [0.29, 0.717) is 24.3 Å². The van der Waals surface area contributed by atoms with Crippen molar-refractivity contribution in [3.63, 3.8) is 0 Å². The number of rotatable bonds is 20. The van der Waals surface area contributed by atoms with E-state index in [9.17, 15) is 27.6 Å². The van der Waals surface area contributed by atoms with E-state index in [1.54, 1.807) is 24.3 Å². The van der Waals surface area contributed by atoms with Crippen molar-refractivity contribution < 1.29 is 51.8 Å². The number of unbranched alkanes of at least 4 members (excludes halogenated alkanes) is 10. The van der Waals surface area contributed by atoms with Crippen molar-refractivity contribution in [2.24, 2.45) is 0 Å². The molecule has 1 unspecified atom stereocenters. The van der Waals surface area contributed by atoms with E-state index in [1.165, 1.54) is 51.4 Å². The third kappa shape index (κ3) is 20.3. The van der Waals surface area contributed by atoms with Crippen LogP contribution in [-0.2, 0) is 29.2 Å². The molecule has 41 heavy (non-hydrogen) atoms. The molecule has 1 atom stereocenters. The Morgan fingerprint density at radius 2 is 1.07 bits per heavy atom. The molecule has 1 aromatic rings. The minimum Gasteiger partial charge on any atom is -0.481 e. The van der Waals surface area contributed by atoms with Gasteiger partial charge in [-0.1, -0.05) is 90.2 Å². The van der Waals surface area contributed by atoms with Gasteiger partial charge in [-0.05, 0) is 25.0 Å². The van der Waals surface area contributed by atoms with Crippen LogP contribution >= 0.6 is 0 Å². The van der Waals surface area contributed by atoms with Gasteiger partial charge in [0, 0.05) is 0 Å². The van der Waals surface area contributed by atoms with Crippen LogP contribution in [0.15, 0.2) is 24.3 Å². The molecule has 0 fully saturated rings. The summed E-state index contributed by atoms with van der Waals surface area (Å²) in [6, 6.07) is 6.74. The summed E-state index contributed by atoms with van der Waals surface area (Å²) in [6.07, 6.45) is 12.5. The molecule has 13 heteroatoms. The fourth-order valence-electron chi connectivity index (χ4n) is 3.57. The van der Waals surface area contributed by atoms with Gasteiger partial charge in [-0.15, -0.1) is 0 Å². The molecule has 0 radical (unpaired) electrons. The van der Waals surface area contributed by atoms with Crippen molar-refractivity contribution in [1.82, 2.24) is 0 Å². The van der Waals surface area contributed by atoms with Gasteiger partial charge in [0.05, 0.1) is 30.8 Å². The molecular weight excluding hydrogens is 569 g/mol. The summed E-state index contributed by atoms with van der Waals surface area (Å²) in [5.41, 5.74) is 0.586. The highest BCUT2D eigenvalue weighted by molar-refractivity contribution is 7.87. The van der Waals surface area contributed by atoms with Crippen LogP contribution in [0.4, 0.5) is 0 Å². The molecule has 3 N–H and O–H groups in total. The summed E-state index contributed by atoms with van der Waals surface area (Å²) in [7, 11) is -4.84. The molecule has 1 rings (SSSR count). The van der Waals surface area contributed by atoms with Gasteiger partial charge in [-0.2, -0.15) is 8.42 Å². The molecule has 1 aromatic carbocycles. The van der Waals surface area contributed by atoms with E-state index in [2.05, 4.69) is 13.8 Å². The SMILES string of the molecule is CCCCCCCCOC(=O)c1ccccc1C(=O)OCCCCCCCC.O=C(O)CC(C(=O)O)S(=O)(=O)O.[MgH2]. The fourth-order valence-corrected chi connectivity index (χ4v) is 4.18. The lowest BCUT2D eigenvalue weighted by Crippen LogP contribution is -2.31. The van der Waals surface area contributed by atoms with E-state index in [1.807, 2.05) is 0 Å². The molecule has 0 bridgehead atoms. The van der Waals surface area contributed by atoms with Crippen molar-refractivity contribution in [2.75, 3.05) is 13.2 Å². The van der Waals surface area contributed by atoms with Gasteiger partial charge in [0.2, 0.25) is 0 Å². The lowest BCUT2D eigenvalue weighted by Gasteiger charge is -2.10. The third-order valence-electron chi connectivity index (χ3n) is 5.82. The number of benzene rings is 1. The molecule has 0 aliphatic rings. The first kappa shape index (κ1) is 40.9. The quantitative estimate of drug-likeness (QED) is 0.0807. The average molecular weight is 615 g/mol. The molecule has 232 valence electrons. The van der Waals surface area contributed by atoms with E-state index < -0.39 is 45.7 Å². The van der Waals surface area contributed by atoms with Gasteiger partial charge in [-0.3, -0.25) is 14.1 Å². The Kier molecular flexibility index (Phi) is 24.3. The monoisotopic (exact) mass is 614 g/mol. The number of carboxylic acids is 2. The smallest absolute Gasteiger partial charge is 0.339 e. The number of carboxylic acid groups (broad SMARTS) is 2. The number of hydrogen-bond acceptors (Lipinski definition) is 8. The molecule has 0 saturated carbocycles. The third-order valence-corrected chi connectivity index (χ3v) is 6.91. The van der Waals surface area contributed by atoms with Gasteiger partial charge >= 0.3 is 46.9 Å². The number of esters is 2. The van der Waals surface area contributed by atoms with E-state index in [-0.39, 0.29) is 23.1 Å². The Bertz CT molecular complexity index is 963. The van der Waals surface area contributed by atoms with E-state index in [4.69, 9.17) is 24.2 Å². The van der Waals surface area contributed by atoms with Crippen LogP contribution < -0.4 is 0 Å². The van der Waals surface area contributed by atoms with Gasteiger partial charge < -0.3 is 19.7 Å². The summed E-state index contributed by atoms with van der Waals surface area (Å²) >= 11 is 0. The Morgan fingerprint density at radius 1 is 0.707 bits per heavy atom. The van der Waals surface area contributed by atoms with Crippen LogP contribution in [0.3, 0.4) is 0 Å². The van der Waals surface area contributed by atoms with Crippen LogP contribution in [0.25, 0.3) is 0 Å². The number of hydrogen-bond donors (Lipinski definition) is 3. The zero-order valence-corrected chi connectivity index (χ0v) is 24.3. The summed E-state index contributed by atoms with van der Waals surface area (Å²) in [4.78, 5) is 44.7. The van der Waals surface area contributed by atoms with Gasteiger partial charge in [0.15, 0.2) is 5.25 Å². The number of ether oxygens (including phenoxy) is 2. The number of carbonyl (C=O) groups is 4. The molecule has 0 aliphatic carbocycles. The minimum absolute atomic E-state index is 0. The molecule has 0 aliphatic heterocycles. The highest BCUT2D eigenvalue weighted by Gasteiger charge is 2.33. The number of aliphatic carboxylic acids is 2. The first-order valence-electron chi connectivity index (χ1n) is 13.8. The second-order valence-electron chi connectivity index (χ2n) is 9.29. The molecule has 0 amide bonds.